The number of carbonyl (C=O) groups is 1. The first-order valence-corrected chi connectivity index (χ1v) is 5.92. The van der Waals surface area contributed by atoms with Crippen LogP contribution in [-0.4, -0.2) is 11.0 Å². The number of phenols is 1. The lowest BCUT2D eigenvalue weighted by Gasteiger charge is -2.09. The van der Waals surface area contributed by atoms with Gasteiger partial charge >= 0.3 is 0 Å². The van der Waals surface area contributed by atoms with Crippen LogP contribution in [-0.2, 0) is 0 Å². The van der Waals surface area contributed by atoms with Gasteiger partial charge in [-0.2, -0.15) is 5.26 Å². The third kappa shape index (κ3) is 2.70. The van der Waals surface area contributed by atoms with Gasteiger partial charge in [0.25, 0.3) is 5.91 Å². The Kier molecular flexibility index (Phi) is 3.58. The number of hydrogen-bond donors (Lipinski definition) is 3. The Balaban J connectivity index is 2.33. The van der Waals surface area contributed by atoms with Gasteiger partial charge in [0, 0.05) is 5.69 Å². The van der Waals surface area contributed by atoms with Crippen molar-refractivity contribution in [3.63, 3.8) is 0 Å². The highest BCUT2D eigenvalue weighted by molar-refractivity contribution is 6.06. The van der Waals surface area contributed by atoms with Gasteiger partial charge in [0.2, 0.25) is 0 Å². The summed E-state index contributed by atoms with van der Waals surface area (Å²) in [6.45, 7) is 1.82. The number of carbonyl (C=O) groups excluding carboxylic acids is 1. The van der Waals surface area contributed by atoms with E-state index in [-0.39, 0.29) is 16.9 Å². The summed E-state index contributed by atoms with van der Waals surface area (Å²) < 4.78 is 0. The summed E-state index contributed by atoms with van der Waals surface area (Å²) in [6.07, 6.45) is 0. The summed E-state index contributed by atoms with van der Waals surface area (Å²) in [5.41, 5.74) is 7.66. The molecule has 5 heteroatoms. The molecule has 2 rings (SSSR count). The Labute approximate surface area is 116 Å². The molecule has 0 saturated carbocycles. The molecule has 5 nitrogen and oxygen atoms in total. The average Bonchev–Trinajstić information content (AvgIpc) is 2.43. The van der Waals surface area contributed by atoms with E-state index in [1.54, 1.807) is 24.3 Å². The molecule has 0 atom stereocenters. The molecule has 0 heterocycles. The van der Waals surface area contributed by atoms with Crippen LogP contribution in [0.2, 0.25) is 0 Å². The van der Waals surface area contributed by atoms with Crippen LogP contribution in [0.1, 0.15) is 21.5 Å². The van der Waals surface area contributed by atoms with Crippen LogP contribution < -0.4 is 11.1 Å². The van der Waals surface area contributed by atoms with Crippen LogP contribution in [0.15, 0.2) is 36.4 Å². The predicted molar refractivity (Wildman–Crippen MR) is 76.4 cm³/mol. The third-order valence-electron chi connectivity index (χ3n) is 2.81. The van der Waals surface area contributed by atoms with Crippen molar-refractivity contribution in [1.29, 1.82) is 5.26 Å². The van der Waals surface area contributed by atoms with Gasteiger partial charge in [0.05, 0.1) is 16.8 Å². The normalized spacial score (nSPS) is 9.80. The molecule has 100 valence electrons. The number of nitriles is 1. The van der Waals surface area contributed by atoms with Gasteiger partial charge in [-0.1, -0.05) is 11.6 Å². The minimum Gasteiger partial charge on any atom is -0.507 e. The minimum atomic E-state index is -0.479. The van der Waals surface area contributed by atoms with Crippen LogP contribution in [0.25, 0.3) is 0 Å². The molecule has 0 unspecified atom stereocenters. The fraction of sp³-hybridized carbons (Fsp3) is 0.0667. The second-order valence-electron chi connectivity index (χ2n) is 4.39. The number of rotatable bonds is 2. The molecule has 20 heavy (non-hydrogen) atoms. The molecule has 0 aliphatic carbocycles. The summed E-state index contributed by atoms with van der Waals surface area (Å²) in [4.78, 5) is 12.1. The molecule has 2 aromatic carbocycles. The van der Waals surface area contributed by atoms with E-state index in [0.29, 0.717) is 11.4 Å². The maximum absolute atomic E-state index is 12.1. The van der Waals surface area contributed by atoms with Crippen molar-refractivity contribution in [2.45, 2.75) is 6.92 Å². The third-order valence-corrected chi connectivity index (χ3v) is 2.81. The summed E-state index contributed by atoms with van der Waals surface area (Å²) >= 11 is 0. The second kappa shape index (κ2) is 5.33. The van der Waals surface area contributed by atoms with E-state index >= 15 is 0 Å². The summed E-state index contributed by atoms with van der Waals surface area (Å²) in [5, 5.41) is 21.3. The average molecular weight is 267 g/mol. The molecular weight excluding hydrogens is 254 g/mol. The lowest BCUT2D eigenvalue weighted by Crippen LogP contribution is -2.13. The minimum absolute atomic E-state index is 0.109. The van der Waals surface area contributed by atoms with Crippen LogP contribution >= 0.6 is 0 Å². The fourth-order valence-electron chi connectivity index (χ4n) is 1.78. The Bertz CT molecular complexity index is 718. The summed E-state index contributed by atoms with van der Waals surface area (Å²) in [6, 6.07) is 11.3. The molecule has 0 radical (unpaired) electrons. The number of aryl methyl sites for hydroxylation is 1. The number of benzene rings is 2. The van der Waals surface area contributed by atoms with Crippen molar-refractivity contribution < 1.29 is 9.90 Å². The monoisotopic (exact) mass is 267 g/mol. The first kappa shape index (κ1) is 13.4. The van der Waals surface area contributed by atoms with E-state index in [9.17, 15) is 9.90 Å². The van der Waals surface area contributed by atoms with Crippen LogP contribution in [0.5, 0.6) is 5.75 Å². The number of nitrogens with one attached hydrogen (secondary N) is 1. The van der Waals surface area contributed by atoms with Gasteiger partial charge in [0.15, 0.2) is 0 Å². The van der Waals surface area contributed by atoms with Gasteiger partial charge in [-0.15, -0.1) is 0 Å². The molecule has 0 aliphatic rings. The zero-order valence-electron chi connectivity index (χ0n) is 10.8. The Morgan fingerprint density at radius 2 is 2.05 bits per heavy atom. The van der Waals surface area contributed by atoms with Gasteiger partial charge in [-0.05, 0) is 37.3 Å². The fourth-order valence-corrected chi connectivity index (χ4v) is 1.78. The number of phenolic OH excluding ortho intramolecular Hbond substituents is 1. The number of nitrogen functional groups attached to an aromatic ring is 1. The number of amides is 1. The summed E-state index contributed by atoms with van der Waals surface area (Å²) in [7, 11) is 0. The lowest BCUT2D eigenvalue weighted by molar-refractivity contribution is 0.102. The Hall–Kier alpha value is -3.00. The smallest absolute Gasteiger partial charge is 0.259 e. The maximum Gasteiger partial charge on any atom is 0.259 e. The topological polar surface area (TPSA) is 99.1 Å². The molecule has 0 saturated heterocycles. The first-order valence-electron chi connectivity index (χ1n) is 5.92. The zero-order chi connectivity index (χ0) is 14.7. The summed E-state index contributed by atoms with van der Waals surface area (Å²) in [5.74, 6) is -0.588. The largest absolute Gasteiger partial charge is 0.507 e. The van der Waals surface area contributed by atoms with Gasteiger partial charge in [-0.25, -0.2) is 0 Å². The van der Waals surface area contributed by atoms with E-state index in [1.807, 2.05) is 13.0 Å². The van der Waals surface area contributed by atoms with Crippen LogP contribution in [0, 0.1) is 18.3 Å². The molecule has 0 spiro atoms. The van der Waals surface area contributed by atoms with Crippen molar-refractivity contribution in [3.05, 3.63) is 53.1 Å². The van der Waals surface area contributed by atoms with Crippen molar-refractivity contribution >= 4 is 17.3 Å². The predicted octanol–water partition coefficient (Wildman–Crippen LogP) is 2.41. The highest BCUT2D eigenvalue weighted by Crippen LogP contribution is 2.22. The maximum atomic E-state index is 12.1. The van der Waals surface area contributed by atoms with Gasteiger partial charge in [-0.3, -0.25) is 4.79 Å². The quantitative estimate of drug-likeness (QED) is 0.727. The van der Waals surface area contributed by atoms with E-state index in [0.717, 1.165) is 5.56 Å². The highest BCUT2D eigenvalue weighted by Gasteiger charge is 2.13. The molecule has 0 bridgehead atoms. The first-order chi connectivity index (χ1) is 9.51. The standard InChI is InChI=1S/C15H13N3O2/c1-9-2-5-14(19)12(6-9)15(20)18-13-4-3-11(17)7-10(13)8-16/h2-7,19H,17H2,1H3,(H,18,20). The Morgan fingerprint density at radius 1 is 1.30 bits per heavy atom. The number of hydrogen-bond acceptors (Lipinski definition) is 4. The number of nitrogens with zero attached hydrogens (tertiary/aromatic N) is 1. The SMILES string of the molecule is Cc1ccc(O)c(C(=O)Nc2ccc(N)cc2C#N)c1. The van der Waals surface area contributed by atoms with Gasteiger partial charge in [0.1, 0.15) is 11.8 Å². The number of nitrogens with two attached hydrogens (primary N) is 1. The van der Waals surface area contributed by atoms with Crippen molar-refractivity contribution in [2.24, 2.45) is 0 Å². The number of anilines is 2. The van der Waals surface area contributed by atoms with Crippen molar-refractivity contribution in [2.75, 3.05) is 11.1 Å². The van der Waals surface area contributed by atoms with E-state index in [4.69, 9.17) is 11.0 Å². The zero-order valence-corrected chi connectivity index (χ0v) is 10.8. The van der Waals surface area contributed by atoms with Crippen LogP contribution in [0.4, 0.5) is 11.4 Å². The van der Waals surface area contributed by atoms with Crippen LogP contribution in [0.3, 0.4) is 0 Å². The molecule has 0 fully saturated rings. The van der Waals surface area contributed by atoms with Gasteiger partial charge < -0.3 is 16.2 Å². The lowest BCUT2D eigenvalue weighted by atomic mass is 10.1. The van der Waals surface area contributed by atoms with Crippen molar-refractivity contribution in [1.82, 2.24) is 0 Å². The number of aromatic hydroxyl groups is 1. The van der Waals surface area contributed by atoms with Crippen molar-refractivity contribution in [3.8, 4) is 11.8 Å². The molecular formula is C15H13N3O2. The Morgan fingerprint density at radius 3 is 2.75 bits per heavy atom. The van der Waals surface area contributed by atoms with E-state index in [1.165, 1.54) is 12.1 Å². The molecule has 0 aliphatic heterocycles. The van der Waals surface area contributed by atoms with E-state index < -0.39 is 5.91 Å². The molecule has 2 aromatic rings. The molecule has 1 amide bonds. The highest BCUT2D eigenvalue weighted by atomic mass is 16.3. The molecule has 0 aromatic heterocycles. The second-order valence-corrected chi connectivity index (χ2v) is 4.39. The van der Waals surface area contributed by atoms with E-state index in [2.05, 4.69) is 5.32 Å². The molecule has 4 N–H and O–H groups in total.